The highest BCUT2D eigenvalue weighted by atomic mass is 16.5. The van der Waals surface area contributed by atoms with Crippen LogP contribution in [0.5, 0.6) is 5.75 Å². The van der Waals surface area contributed by atoms with E-state index in [1.165, 1.54) is 0 Å². The minimum atomic E-state index is 0.472. The van der Waals surface area contributed by atoms with Gasteiger partial charge in [-0.3, -0.25) is 0 Å². The Hall–Kier alpha value is -1.29. The predicted molar refractivity (Wildman–Crippen MR) is 66.7 cm³/mol. The molecule has 0 saturated heterocycles. The normalized spacial score (nSPS) is 10.8. The van der Waals surface area contributed by atoms with E-state index in [9.17, 15) is 0 Å². The summed E-state index contributed by atoms with van der Waals surface area (Å²) in [7, 11) is 0. The summed E-state index contributed by atoms with van der Waals surface area (Å²) in [4.78, 5) is 6.45. The van der Waals surface area contributed by atoms with Crippen molar-refractivity contribution in [2.24, 2.45) is 0 Å². The molecule has 1 rings (SSSR count). The molecule has 0 fully saturated rings. The van der Waals surface area contributed by atoms with Crippen LogP contribution in [0.25, 0.3) is 0 Å². The van der Waals surface area contributed by atoms with Gasteiger partial charge in [0.05, 0.1) is 0 Å². The van der Waals surface area contributed by atoms with Crippen LogP contribution in [0.2, 0.25) is 0 Å². The summed E-state index contributed by atoms with van der Waals surface area (Å²) in [5.74, 6) is 1.15. The van der Waals surface area contributed by atoms with Crippen LogP contribution >= 0.6 is 0 Å². The lowest BCUT2D eigenvalue weighted by atomic mass is 10.3. The molecule has 0 spiro atoms. The van der Waals surface area contributed by atoms with E-state index in [0.29, 0.717) is 18.2 Å². The van der Waals surface area contributed by atoms with E-state index < -0.39 is 0 Å². The van der Waals surface area contributed by atoms with E-state index in [2.05, 4.69) is 23.7 Å². The summed E-state index contributed by atoms with van der Waals surface area (Å²) in [6.07, 6.45) is 0. The Kier molecular flexibility index (Phi) is 5.05. The zero-order valence-electron chi connectivity index (χ0n) is 10.4. The molecule has 0 saturated carbocycles. The van der Waals surface area contributed by atoms with Crippen molar-refractivity contribution >= 4 is 5.82 Å². The third-order valence-electron chi connectivity index (χ3n) is 2.58. The zero-order chi connectivity index (χ0) is 12.0. The van der Waals surface area contributed by atoms with Gasteiger partial charge in [-0.1, -0.05) is 13.8 Å². The molecule has 0 aromatic carbocycles. The van der Waals surface area contributed by atoms with E-state index in [1.807, 2.05) is 19.1 Å². The third kappa shape index (κ3) is 3.70. The number of rotatable bonds is 6. The predicted octanol–water partition coefficient (Wildman–Crippen LogP) is 1.69. The van der Waals surface area contributed by atoms with Crippen LogP contribution in [-0.4, -0.2) is 36.1 Å². The fourth-order valence-electron chi connectivity index (χ4n) is 1.51. The summed E-state index contributed by atoms with van der Waals surface area (Å²) in [5, 5.41) is 0. The molecule has 0 radical (unpaired) electrons. The zero-order valence-corrected chi connectivity index (χ0v) is 10.4. The average Bonchev–Trinajstić information content (AvgIpc) is 2.27. The largest absolute Gasteiger partial charge is 0.488 e. The van der Waals surface area contributed by atoms with Crippen molar-refractivity contribution < 1.29 is 4.74 Å². The minimum Gasteiger partial charge on any atom is -0.488 e. The maximum absolute atomic E-state index is 5.75. The summed E-state index contributed by atoms with van der Waals surface area (Å²) in [5.41, 5.74) is 6.66. The molecule has 90 valence electrons. The van der Waals surface area contributed by atoms with Gasteiger partial charge in [-0.25, -0.2) is 4.98 Å². The molecule has 4 nitrogen and oxygen atoms in total. The smallest absolute Gasteiger partial charge is 0.166 e. The summed E-state index contributed by atoms with van der Waals surface area (Å²) in [6.45, 7) is 9.85. The highest BCUT2D eigenvalue weighted by Gasteiger charge is 2.03. The molecule has 0 amide bonds. The van der Waals surface area contributed by atoms with Crippen molar-refractivity contribution in [3.8, 4) is 5.75 Å². The second-order valence-corrected chi connectivity index (χ2v) is 3.71. The lowest BCUT2D eigenvalue weighted by molar-refractivity contribution is 0.223. The molecule has 16 heavy (non-hydrogen) atoms. The Morgan fingerprint density at radius 2 is 2.00 bits per heavy atom. The van der Waals surface area contributed by atoms with Gasteiger partial charge in [-0.05, 0) is 32.1 Å². The number of hydrogen-bond donors (Lipinski definition) is 1. The van der Waals surface area contributed by atoms with Crippen LogP contribution in [0.4, 0.5) is 5.82 Å². The fraction of sp³-hybridized carbons (Fsp3) is 0.583. The van der Waals surface area contributed by atoms with Crippen molar-refractivity contribution in [1.82, 2.24) is 9.88 Å². The van der Waals surface area contributed by atoms with Gasteiger partial charge in [-0.15, -0.1) is 0 Å². The highest BCUT2D eigenvalue weighted by molar-refractivity contribution is 5.46. The standard InChI is InChI=1S/C12H21N3O/c1-4-15(5-2)8-9-16-11-7-6-10(3)14-12(11)13/h6-7H,4-5,8-9H2,1-3H3,(H2,13,14). The first-order valence-electron chi connectivity index (χ1n) is 5.75. The van der Waals surface area contributed by atoms with Gasteiger partial charge in [0, 0.05) is 12.2 Å². The molecule has 0 aliphatic heterocycles. The van der Waals surface area contributed by atoms with Crippen LogP contribution in [-0.2, 0) is 0 Å². The third-order valence-corrected chi connectivity index (χ3v) is 2.58. The van der Waals surface area contributed by atoms with E-state index >= 15 is 0 Å². The lowest BCUT2D eigenvalue weighted by Gasteiger charge is -2.18. The van der Waals surface area contributed by atoms with Crippen molar-refractivity contribution in [2.45, 2.75) is 20.8 Å². The Morgan fingerprint density at radius 1 is 1.31 bits per heavy atom. The number of nitrogen functional groups attached to an aromatic ring is 1. The number of pyridine rings is 1. The molecule has 0 aliphatic carbocycles. The Bertz CT molecular complexity index is 324. The average molecular weight is 223 g/mol. The molecule has 1 aromatic rings. The molecular weight excluding hydrogens is 202 g/mol. The molecule has 1 heterocycles. The Morgan fingerprint density at radius 3 is 2.56 bits per heavy atom. The van der Waals surface area contributed by atoms with Crippen molar-refractivity contribution in [3.63, 3.8) is 0 Å². The van der Waals surface area contributed by atoms with Gasteiger partial charge >= 0.3 is 0 Å². The summed E-state index contributed by atoms with van der Waals surface area (Å²) in [6, 6.07) is 3.78. The summed E-state index contributed by atoms with van der Waals surface area (Å²) < 4.78 is 5.60. The van der Waals surface area contributed by atoms with Gasteiger partial charge in [-0.2, -0.15) is 0 Å². The molecule has 0 bridgehead atoms. The molecule has 4 heteroatoms. The van der Waals surface area contributed by atoms with Crippen LogP contribution in [0.15, 0.2) is 12.1 Å². The van der Waals surface area contributed by atoms with Crippen molar-refractivity contribution in [1.29, 1.82) is 0 Å². The number of nitrogens with two attached hydrogens (primary N) is 1. The number of hydrogen-bond acceptors (Lipinski definition) is 4. The topological polar surface area (TPSA) is 51.4 Å². The van der Waals surface area contributed by atoms with Gasteiger partial charge in [0.15, 0.2) is 11.6 Å². The molecular formula is C12H21N3O. The second-order valence-electron chi connectivity index (χ2n) is 3.71. The Balaban J connectivity index is 2.42. The monoisotopic (exact) mass is 223 g/mol. The van der Waals surface area contributed by atoms with Gasteiger partial charge in [0.2, 0.25) is 0 Å². The van der Waals surface area contributed by atoms with Crippen molar-refractivity contribution in [3.05, 3.63) is 17.8 Å². The second kappa shape index (κ2) is 6.33. The number of aromatic nitrogens is 1. The quantitative estimate of drug-likeness (QED) is 0.797. The van der Waals surface area contributed by atoms with E-state index in [-0.39, 0.29) is 0 Å². The minimum absolute atomic E-state index is 0.472. The first-order chi connectivity index (χ1) is 7.67. The number of likely N-dealkylation sites (N-methyl/N-ethyl adjacent to an activating group) is 1. The van der Waals surface area contributed by atoms with Crippen LogP contribution < -0.4 is 10.5 Å². The molecule has 2 N–H and O–H groups in total. The van der Waals surface area contributed by atoms with Crippen LogP contribution in [0.1, 0.15) is 19.5 Å². The highest BCUT2D eigenvalue weighted by Crippen LogP contribution is 2.18. The first kappa shape index (κ1) is 12.8. The van der Waals surface area contributed by atoms with Crippen molar-refractivity contribution in [2.75, 3.05) is 32.0 Å². The number of aryl methyl sites for hydroxylation is 1. The molecule has 1 aromatic heterocycles. The Labute approximate surface area is 97.4 Å². The lowest BCUT2D eigenvalue weighted by Crippen LogP contribution is -2.28. The number of nitrogens with zero attached hydrogens (tertiary/aromatic N) is 2. The van der Waals surface area contributed by atoms with Gasteiger partial charge in [0.25, 0.3) is 0 Å². The molecule has 0 unspecified atom stereocenters. The maximum atomic E-state index is 5.75. The molecule has 0 aliphatic rings. The van der Waals surface area contributed by atoms with E-state index in [4.69, 9.17) is 10.5 Å². The maximum Gasteiger partial charge on any atom is 0.166 e. The molecule has 0 atom stereocenters. The SMILES string of the molecule is CCN(CC)CCOc1ccc(C)nc1N. The van der Waals surface area contributed by atoms with Gasteiger partial charge < -0.3 is 15.4 Å². The van der Waals surface area contributed by atoms with Crippen LogP contribution in [0, 0.1) is 6.92 Å². The summed E-state index contributed by atoms with van der Waals surface area (Å²) >= 11 is 0. The first-order valence-corrected chi connectivity index (χ1v) is 5.75. The van der Waals surface area contributed by atoms with Gasteiger partial charge in [0.1, 0.15) is 6.61 Å². The van der Waals surface area contributed by atoms with Crippen LogP contribution in [0.3, 0.4) is 0 Å². The number of ether oxygens (including phenoxy) is 1. The van der Waals surface area contributed by atoms with E-state index in [0.717, 1.165) is 25.3 Å². The fourth-order valence-corrected chi connectivity index (χ4v) is 1.51. The van der Waals surface area contributed by atoms with E-state index in [1.54, 1.807) is 0 Å². The number of anilines is 1.